The number of hydrogen-bond acceptors (Lipinski definition) is 4. The Labute approximate surface area is 95.9 Å². The van der Waals surface area contributed by atoms with Crippen molar-refractivity contribution in [2.24, 2.45) is 0 Å². The summed E-state index contributed by atoms with van der Waals surface area (Å²) in [5.74, 6) is -1.28. The van der Waals surface area contributed by atoms with E-state index < -0.39 is 24.1 Å². The second-order valence-corrected chi connectivity index (χ2v) is 3.95. The van der Waals surface area contributed by atoms with Gasteiger partial charge in [0.25, 0.3) is 0 Å². The summed E-state index contributed by atoms with van der Waals surface area (Å²) in [6.07, 6.45) is -1.16. The van der Waals surface area contributed by atoms with E-state index >= 15 is 0 Å². The highest BCUT2D eigenvalue weighted by Gasteiger charge is 2.24. The number of aliphatic hydroxyl groups is 1. The predicted octanol–water partition coefficient (Wildman–Crippen LogP) is 0.704. The molecule has 1 rings (SSSR count). The highest BCUT2D eigenvalue weighted by atomic mass is 32.1. The number of rotatable bonds is 4. The Kier molecular flexibility index (Phi) is 4.27. The average Bonchev–Trinajstić information content (AvgIpc) is 2.65. The lowest BCUT2D eigenvalue weighted by molar-refractivity contribution is -0.141. The van der Waals surface area contributed by atoms with Gasteiger partial charge in [0.15, 0.2) is 6.04 Å². The molecular formula is C9H12N2O4S. The van der Waals surface area contributed by atoms with Crippen molar-refractivity contribution >= 4 is 29.0 Å². The standard InChI is InChI=1S/C9H12N2O4S/c1-5(12)7(8(13)14)11-9(15)10-6-2-3-16-4-6/h2-5,7,12H,1H3,(H,13,14)(H2,10,11,15). The van der Waals surface area contributed by atoms with E-state index in [1.165, 1.54) is 18.3 Å². The van der Waals surface area contributed by atoms with E-state index in [2.05, 4.69) is 10.6 Å². The molecule has 88 valence electrons. The maximum Gasteiger partial charge on any atom is 0.328 e. The monoisotopic (exact) mass is 244 g/mol. The molecule has 4 N–H and O–H groups in total. The van der Waals surface area contributed by atoms with Gasteiger partial charge in [-0.05, 0) is 18.4 Å². The number of urea groups is 1. The SMILES string of the molecule is CC(O)C(NC(=O)Nc1ccsc1)C(=O)O. The van der Waals surface area contributed by atoms with Crippen LogP contribution in [0.3, 0.4) is 0 Å². The largest absolute Gasteiger partial charge is 0.480 e. The lowest BCUT2D eigenvalue weighted by Gasteiger charge is -2.16. The molecule has 0 saturated carbocycles. The number of carboxylic acid groups (broad SMARTS) is 1. The molecule has 7 heteroatoms. The molecule has 0 spiro atoms. The molecule has 0 fully saturated rings. The third-order valence-corrected chi connectivity index (χ3v) is 2.50. The van der Waals surface area contributed by atoms with Gasteiger partial charge in [0.1, 0.15) is 0 Å². The fourth-order valence-electron chi connectivity index (χ4n) is 1.03. The molecule has 0 saturated heterocycles. The van der Waals surface area contributed by atoms with Crippen molar-refractivity contribution in [1.29, 1.82) is 0 Å². The number of aliphatic carboxylic acids is 1. The molecule has 1 aromatic heterocycles. The Morgan fingerprint density at radius 3 is 2.62 bits per heavy atom. The molecule has 2 atom stereocenters. The normalized spacial score (nSPS) is 13.9. The highest BCUT2D eigenvalue weighted by Crippen LogP contribution is 2.11. The summed E-state index contributed by atoms with van der Waals surface area (Å²) in [5, 5.41) is 25.9. The molecule has 0 aromatic carbocycles. The quantitative estimate of drug-likeness (QED) is 0.626. The number of thiophene rings is 1. The van der Waals surface area contributed by atoms with Crippen molar-refractivity contribution < 1.29 is 19.8 Å². The number of anilines is 1. The summed E-state index contributed by atoms with van der Waals surface area (Å²) in [6, 6.07) is -0.298. The Bertz CT molecular complexity index is 364. The van der Waals surface area contributed by atoms with Crippen LogP contribution in [0.5, 0.6) is 0 Å². The highest BCUT2D eigenvalue weighted by molar-refractivity contribution is 7.08. The minimum atomic E-state index is -1.32. The van der Waals surface area contributed by atoms with E-state index in [1.807, 2.05) is 0 Å². The summed E-state index contributed by atoms with van der Waals surface area (Å²) in [7, 11) is 0. The van der Waals surface area contributed by atoms with Crippen LogP contribution in [0.2, 0.25) is 0 Å². The van der Waals surface area contributed by atoms with E-state index in [4.69, 9.17) is 10.2 Å². The number of carbonyl (C=O) groups is 2. The number of carboxylic acids is 1. The molecule has 1 aromatic rings. The van der Waals surface area contributed by atoms with Gasteiger partial charge in [-0.1, -0.05) is 0 Å². The van der Waals surface area contributed by atoms with Crippen LogP contribution in [0.4, 0.5) is 10.5 Å². The zero-order valence-corrected chi connectivity index (χ0v) is 9.32. The summed E-state index contributed by atoms with van der Waals surface area (Å²) in [6.45, 7) is 1.30. The van der Waals surface area contributed by atoms with Crippen LogP contribution in [0.15, 0.2) is 16.8 Å². The van der Waals surface area contributed by atoms with Gasteiger partial charge < -0.3 is 20.8 Å². The van der Waals surface area contributed by atoms with Crippen LogP contribution >= 0.6 is 11.3 Å². The van der Waals surface area contributed by atoms with Crippen molar-refractivity contribution in [2.75, 3.05) is 5.32 Å². The zero-order valence-electron chi connectivity index (χ0n) is 8.51. The van der Waals surface area contributed by atoms with Crippen molar-refractivity contribution in [2.45, 2.75) is 19.1 Å². The first-order valence-electron chi connectivity index (χ1n) is 4.51. The molecule has 6 nitrogen and oxygen atoms in total. The van der Waals surface area contributed by atoms with Gasteiger partial charge in [-0.3, -0.25) is 0 Å². The van der Waals surface area contributed by atoms with Crippen molar-refractivity contribution in [3.8, 4) is 0 Å². The molecular weight excluding hydrogens is 232 g/mol. The zero-order chi connectivity index (χ0) is 12.1. The maximum atomic E-state index is 11.3. The summed E-state index contributed by atoms with van der Waals surface area (Å²) < 4.78 is 0. The Balaban J connectivity index is 2.52. The van der Waals surface area contributed by atoms with E-state index in [0.29, 0.717) is 5.69 Å². The lowest BCUT2D eigenvalue weighted by Crippen LogP contribution is -2.49. The number of aliphatic hydroxyl groups excluding tert-OH is 1. The summed E-state index contributed by atoms with van der Waals surface area (Å²) in [5.41, 5.74) is 0.581. The van der Waals surface area contributed by atoms with Crippen LogP contribution in [-0.2, 0) is 4.79 Å². The number of hydrogen-bond donors (Lipinski definition) is 4. The molecule has 0 aliphatic rings. The number of carbonyl (C=O) groups excluding carboxylic acids is 1. The van der Waals surface area contributed by atoms with Gasteiger partial charge in [-0.2, -0.15) is 11.3 Å². The minimum absolute atomic E-state index is 0.581. The van der Waals surface area contributed by atoms with Crippen LogP contribution in [-0.4, -0.2) is 34.4 Å². The third kappa shape index (κ3) is 3.52. The van der Waals surface area contributed by atoms with E-state index in [1.54, 1.807) is 16.8 Å². The van der Waals surface area contributed by atoms with Crippen molar-refractivity contribution in [3.05, 3.63) is 16.8 Å². The van der Waals surface area contributed by atoms with E-state index in [9.17, 15) is 9.59 Å². The fraction of sp³-hybridized carbons (Fsp3) is 0.333. The molecule has 2 unspecified atom stereocenters. The van der Waals surface area contributed by atoms with Crippen LogP contribution in [0, 0.1) is 0 Å². The molecule has 16 heavy (non-hydrogen) atoms. The lowest BCUT2D eigenvalue weighted by atomic mass is 10.2. The smallest absolute Gasteiger partial charge is 0.328 e. The Hall–Kier alpha value is -1.60. The fourth-order valence-corrected chi connectivity index (χ4v) is 1.62. The first-order chi connectivity index (χ1) is 7.50. The van der Waals surface area contributed by atoms with Crippen LogP contribution in [0.1, 0.15) is 6.92 Å². The summed E-state index contributed by atoms with van der Waals surface area (Å²) >= 11 is 1.40. The van der Waals surface area contributed by atoms with Gasteiger partial charge in [-0.15, -0.1) is 0 Å². The molecule has 0 radical (unpaired) electrons. The van der Waals surface area contributed by atoms with Gasteiger partial charge in [0, 0.05) is 5.38 Å². The molecule has 0 bridgehead atoms. The first kappa shape index (κ1) is 12.5. The van der Waals surface area contributed by atoms with Crippen molar-refractivity contribution in [3.63, 3.8) is 0 Å². The number of nitrogens with one attached hydrogen (secondary N) is 2. The van der Waals surface area contributed by atoms with Gasteiger partial charge in [-0.25, -0.2) is 9.59 Å². The Morgan fingerprint density at radius 1 is 1.50 bits per heavy atom. The predicted molar refractivity (Wildman–Crippen MR) is 59.6 cm³/mol. The van der Waals surface area contributed by atoms with Gasteiger partial charge in [0.05, 0.1) is 11.8 Å². The van der Waals surface area contributed by atoms with Gasteiger partial charge >= 0.3 is 12.0 Å². The molecule has 0 aliphatic heterocycles. The second kappa shape index (κ2) is 5.47. The second-order valence-electron chi connectivity index (χ2n) is 3.17. The number of amides is 2. The average molecular weight is 244 g/mol. The molecule has 0 aliphatic carbocycles. The van der Waals surface area contributed by atoms with Crippen LogP contribution in [0.25, 0.3) is 0 Å². The Morgan fingerprint density at radius 2 is 2.19 bits per heavy atom. The third-order valence-electron chi connectivity index (χ3n) is 1.81. The molecule has 2 amide bonds. The first-order valence-corrected chi connectivity index (χ1v) is 5.45. The molecule has 1 heterocycles. The van der Waals surface area contributed by atoms with E-state index in [-0.39, 0.29) is 0 Å². The minimum Gasteiger partial charge on any atom is -0.480 e. The topological polar surface area (TPSA) is 98.7 Å². The van der Waals surface area contributed by atoms with Crippen molar-refractivity contribution in [1.82, 2.24) is 5.32 Å². The van der Waals surface area contributed by atoms with E-state index in [0.717, 1.165) is 0 Å². The maximum absolute atomic E-state index is 11.3. The van der Waals surface area contributed by atoms with Gasteiger partial charge in [0.2, 0.25) is 0 Å². The summed E-state index contributed by atoms with van der Waals surface area (Å²) in [4.78, 5) is 22.0. The van der Waals surface area contributed by atoms with Crippen LogP contribution < -0.4 is 10.6 Å².